The molecular weight excluding hydrogens is 180 g/mol. The molecule has 0 aromatic rings. The Balaban J connectivity index is 2.23. The van der Waals surface area contributed by atoms with Crippen LogP contribution in [0.1, 0.15) is 20.3 Å². The summed E-state index contributed by atoms with van der Waals surface area (Å²) < 4.78 is 0. The van der Waals surface area contributed by atoms with Crippen LogP contribution >= 0.6 is 0 Å². The number of hydrogen-bond acceptors (Lipinski definition) is 3. The summed E-state index contributed by atoms with van der Waals surface area (Å²) in [5.41, 5.74) is 2.13. The Kier molecular flexibility index (Phi) is 2.33. The largest absolute Gasteiger partial charge is 0.392 e. The Labute approximate surface area is 83.6 Å². The van der Waals surface area contributed by atoms with E-state index in [-0.39, 0.29) is 18.1 Å². The Morgan fingerprint density at radius 1 is 1.50 bits per heavy atom. The highest BCUT2D eigenvalue weighted by molar-refractivity contribution is 5.84. The Hall–Kier alpha value is -0.870. The fourth-order valence-corrected chi connectivity index (χ4v) is 2.12. The zero-order valence-corrected chi connectivity index (χ0v) is 8.58. The predicted octanol–water partition coefficient (Wildman–Crippen LogP) is -0.155. The number of nitrogens with one attached hydrogen (secondary N) is 1. The van der Waals surface area contributed by atoms with Crippen molar-refractivity contribution in [2.24, 2.45) is 0 Å². The smallest absolute Gasteiger partial charge is 0.241 e. The summed E-state index contributed by atoms with van der Waals surface area (Å²) in [7, 11) is 0. The van der Waals surface area contributed by atoms with Gasteiger partial charge in [-0.15, -0.1) is 0 Å². The van der Waals surface area contributed by atoms with Crippen LogP contribution in [0.15, 0.2) is 11.3 Å². The van der Waals surface area contributed by atoms with Gasteiger partial charge in [-0.25, -0.2) is 0 Å². The van der Waals surface area contributed by atoms with E-state index in [9.17, 15) is 9.90 Å². The quantitative estimate of drug-likeness (QED) is 0.566. The third-order valence-corrected chi connectivity index (χ3v) is 3.08. The molecular formula is C10H16N2O2. The molecule has 1 amide bonds. The molecule has 0 unspecified atom stereocenters. The maximum absolute atomic E-state index is 11.7. The van der Waals surface area contributed by atoms with Gasteiger partial charge >= 0.3 is 0 Å². The molecule has 4 nitrogen and oxygen atoms in total. The third kappa shape index (κ3) is 1.55. The van der Waals surface area contributed by atoms with E-state index in [1.54, 1.807) is 0 Å². The lowest BCUT2D eigenvalue weighted by atomic mass is 10.2. The van der Waals surface area contributed by atoms with Crippen molar-refractivity contribution in [1.82, 2.24) is 10.2 Å². The van der Waals surface area contributed by atoms with Gasteiger partial charge in [-0.05, 0) is 25.8 Å². The van der Waals surface area contributed by atoms with Crippen molar-refractivity contribution < 1.29 is 9.90 Å². The minimum Gasteiger partial charge on any atom is -0.392 e. The van der Waals surface area contributed by atoms with Crippen LogP contribution < -0.4 is 5.32 Å². The molecule has 0 aliphatic carbocycles. The Morgan fingerprint density at radius 2 is 2.21 bits per heavy atom. The number of amides is 1. The topological polar surface area (TPSA) is 52.6 Å². The van der Waals surface area contributed by atoms with E-state index >= 15 is 0 Å². The van der Waals surface area contributed by atoms with Crippen molar-refractivity contribution in [3.8, 4) is 0 Å². The lowest BCUT2D eigenvalue weighted by Gasteiger charge is -2.19. The number of carbonyl (C=O) groups excluding carboxylic acids is 1. The van der Waals surface area contributed by atoms with E-state index in [4.69, 9.17) is 0 Å². The molecule has 4 heteroatoms. The zero-order chi connectivity index (χ0) is 10.3. The van der Waals surface area contributed by atoms with E-state index < -0.39 is 0 Å². The minimum atomic E-state index is -0.350. The molecule has 2 aliphatic rings. The van der Waals surface area contributed by atoms with Crippen molar-refractivity contribution in [3.05, 3.63) is 11.3 Å². The van der Waals surface area contributed by atoms with Crippen LogP contribution in [0.3, 0.4) is 0 Å². The van der Waals surface area contributed by atoms with Crippen molar-refractivity contribution in [2.75, 3.05) is 13.1 Å². The van der Waals surface area contributed by atoms with Crippen LogP contribution in [-0.2, 0) is 4.79 Å². The molecule has 78 valence electrons. The van der Waals surface area contributed by atoms with Gasteiger partial charge in [0, 0.05) is 18.8 Å². The van der Waals surface area contributed by atoms with Gasteiger partial charge in [0.05, 0.1) is 12.1 Å². The number of allylic oxidation sites excluding steroid dienone is 1. The van der Waals surface area contributed by atoms with Crippen molar-refractivity contribution in [1.29, 1.82) is 0 Å². The summed E-state index contributed by atoms with van der Waals surface area (Å²) in [6, 6.07) is -0.141. The summed E-state index contributed by atoms with van der Waals surface area (Å²) in [6.07, 6.45) is 0.212. The van der Waals surface area contributed by atoms with Crippen LogP contribution in [-0.4, -0.2) is 41.1 Å². The number of fused-ring (bicyclic) bond motifs is 1. The van der Waals surface area contributed by atoms with Gasteiger partial charge in [0.25, 0.3) is 0 Å². The second-order valence-electron chi connectivity index (χ2n) is 4.23. The molecule has 2 atom stereocenters. The van der Waals surface area contributed by atoms with Crippen LogP contribution in [0.5, 0.6) is 0 Å². The summed E-state index contributed by atoms with van der Waals surface area (Å²) >= 11 is 0. The first-order valence-electron chi connectivity index (χ1n) is 4.97. The predicted molar refractivity (Wildman–Crippen MR) is 52.5 cm³/mol. The average Bonchev–Trinajstić information content (AvgIpc) is 2.42. The zero-order valence-electron chi connectivity index (χ0n) is 8.58. The highest BCUT2D eigenvalue weighted by atomic mass is 16.3. The number of aliphatic hydroxyl groups excluding tert-OH is 1. The van der Waals surface area contributed by atoms with Gasteiger partial charge in [-0.2, -0.15) is 0 Å². The monoisotopic (exact) mass is 196 g/mol. The number of rotatable bonds is 0. The first-order valence-corrected chi connectivity index (χ1v) is 4.97. The SMILES string of the molecule is CC1=C(C)NC(=O)[C@@H]2C[C@@H](O)CN2C1. The molecule has 0 radical (unpaired) electrons. The summed E-state index contributed by atoms with van der Waals surface area (Å²) in [4.78, 5) is 13.7. The molecule has 2 N–H and O–H groups in total. The molecule has 1 fully saturated rings. The van der Waals surface area contributed by atoms with E-state index in [1.165, 1.54) is 5.57 Å². The summed E-state index contributed by atoms with van der Waals surface area (Å²) in [6.45, 7) is 5.34. The second-order valence-corrected chi connectivity index (χ2v) is 4.23. The van der Waals surface area contributed by atoms with Gasteiger partial charge in [-0.1, -0.05) is 0 Å². The highest BCUT2D eigenvalue weighted by Crippen LogP contribution is 2.22. The van der Waals surface area contributed by atoms with E-state index in [0.717, 1.165) is 12.2 Å². The molecule has 0 aromatic carbocycles. The second kappa shape index (κ2) is 3.37. The van der Waals surface area contributed by atoms with Gasteiger partial charge in [0.1, 0.15) is 0 Å². The number of carbonyl (C=O) groups is 1. The molecule has 0 aromatic heterocycles. The third-order valence-electron chi connectivity index (χ3n) is 3.08. The Bertz CT molecular complexity index is 298. The minimum absolute atomic E-state index is 0.0240. The lowest BCUT2D eigenvalue weighted by Crippen LogP contribution is -2.40. The molecule has 1 saturated heterocycles. The van der Waals surface area contributed by atoms with Gasteiger partial charge < -0.3 is 10.4 Å². The first-order chi connectivity index (χ1) is 6.58. The Morgan fingerprint density at radius 3 is 2.93 bits per heavy atom. The van der Waals surface area contributed by atoms with Crippen LogP contribution in [0, 0.1) is 0 Å². The van der Waals surface area contributed by atoms with Crippen LogP contribution in [0.2, 0.25) is 0 Å². The maximum atomic E-state index is 11.7. The van der Waals surface area contributed by atoms with E-state index in [2.05, 4.69) is 5.32 Å². The summed E-state index contributed by atoms with van der Waals surface area (Å²) in [5.74, 6) is 0.0240. The van der Waals surface area contributed by atoms with Crippen molar-refractivity contribution in [2.45, 2.75) is 32.4 Å². The van der Waals surface area contributed by atoms with E-state index in [0.29, 0.717) is 13.0 Å². The fourth-order valence-electron chi connectivity index (χ4n) is 2.12. The highest BCUT2D eigenvalue weighted by Gasteiger charge is 2.37. The van der Waals surface area contributed by atoms with E-state index in [1.807, 2.05) is 18.7 Å². The number of nitrogens with zero attached hydrogens (tertiary/aromatic N) is 1. The maximum Gasteiger partial charge on any atom is 0.241 e. The average molecular weight is 196 g/mol. The van der Waals surface area contributed by atoms with Crippen molar-refractivity contribution in [3.63, 3.8) is 0 Å². The molecule has 2 rings (SSSR count). The standard InChI is InChI=1S/C10H16N2O2/c1-6-4-12-5-8(13)3-9(12)10(14)11-7(6)2/h8-9,13H,3-5H2,1-2H3,(H,11,14)/t8-,9+/m1/s1. The molecule has 0 spiro atoms. The number of aliphatic hydroxyl groups is 1. The van der Waals surface area contributed by atoms with Crippen molar-refractivity contribution >= 4 is 5.91 Å². The molecule has 14 heavy (non-hydrogen) atoms. The normalized spacial score (nSPS) is 34.1. The molecule has 2 heterocycles. The first kappa shape index (κ1) is 9.68. The molecule has 0 saturated carbocycles. The van der Waals surface area contributed by atoms with Crippen LogP contribution in [0.4, 0.5) is 0 Å². The lowest BCUT2D eigenvalue weighted by molar-refractivity contribution is -0.124. The number of hydrogen-bond donors (Lipinski definition) is 2. The van der Waals surface area contributed by atoms with Gasteiger partial charge in [-0.3, -0.25) is 9.69 Å². The van der Waals surface area contributed by atoms with Gasteiger partial charge in [0.15, 0.2) is 0 Å². The fraction of sp³-hybridized carbons (Fsp3) is 0.700. The molecule has 0 bridgehead atoms. The van der Waals surface area contributed by atoms with Crippen LogP contribution in [0.25, 0.3) is 0 Å². The van der Waals surface area contributed by atoms with Gasteiger partial charge in [0.2, 0.25) is 5.91 Å². The summed E-state index contributed by atoms with van der Waals surface area (Å²) in [5, 5.41) is 12.4. The molecule has 2 aliphatic heterocycles.